The van der Waals surface area contributed by atoms with E-state index in [9.17, 15) is 4.79 Å². The second kappa shape index (κ2) is 3.73. The van der Waals surface area contributed by atoms with E-state index in [-0.39, 0.29) is 5.56 Å². The van der Waals surface area contributed by atoms with Crippen molar-refractivity contribution in [1.82, 2.24) is 9.97 Å². The number of hydrogen-bond acceptors (Lipinski definition) is 2. The summed E-state index contributed by atoms with van der Waals surface area (Å²) in [6, 6.07) is 0. The summed E-state index contributed by atoms with van der Waals surface area (Å²) < 4.78 is 0. The highest BCUT2D eigenvalue weighted by Gasteiger charge is 2.06. The average Bonchev–Trinajstić information content (AvgIpc) is 1.99. The summed E-state index contributed by atoms with van der Waals surface area (Å²) in [6.07, 6.45) is 0.746. The summed E-state index contributed by atoms with van der Waals surface area (Å²) >= 11 is 0. The topological polar surface area (TPSA) is 45.8 Å². The second-order valence-corrected chi connectivity index (χ2v) is 3.82. The Morgan fingerprint density at radius 3 is 2.54 bits per heavy atom. The van der Waals surface area contributed by atoms with Gasteiger partial charge < -0.3 is 4.98 Å². The fourth-order valence-corrected chi connectivity index (χ4v) is 1.19. The van der Waals surface area contributed by atoms with Gasteiger partial charge in [0.2, 0.25) is 0 Å². The molecule has 0 saturated carbocycles. The lowest BCUT2D eigenvalue weighted by molar-refractivity contribution is 0.626. The van der Waals surface area contributed by atoms with Crippen molar-refractivity contribution in [1.29, 1.82) is 0 Å². The Labute approximate surface area is 78.2 Å². The first kappa shape index (κ1) is 9.96. The average molecular weight is 180 g/mol. The van der Waals surface area contributed by atoms with E-state index < -0.39 is 0 Å². The van der Waals surface area contributed by atoms with Gasteiger partial charge in [-0.1, -0.05) is 13.8 Å². The zero-order valence-electron chi connectivity index (χ0n) is 8.64. The van der Waals surface area contributed by atoms with Crippen LogP contribution >= 0.6 is 0 Å². The summed E-state index contributed by atoms with van der Waals surface area (Å²) in [4.78, 5) is 18.5. The van der Waals surface area contributed by atoms with E-state index in [2.05, 4.69) is 23.8 Å². The van der Waals surface area contributed by atoms with Crippen LogP contribution < -0.4 is 5.56 Å². The maximum absolute atomic E-state index is 11.4. The summed E-state index contributed by atoms with van der Waals surface area (Å²) in [6.45, 7) is 7.94. The fraction of sp³-hybridized carbons (Fsp3) is 0.600. The molecule has 0 atom stereocenters. The van der Waals surface area contributed by atoms with Crippen molar-refractivity contribution in [3.63, 3.8) is 0 Å². The van der Waals surface area contributed by atoms with Crippen LogP contribution in [0.3, 0.4) is 0 Å². The Morgan fingerprint density at radius 2 is 2.00 bits per heavy atom. The Kier molecular flexibility index (Phi) is 2.86. The van der Waals surface area contributed by atoms with Crippen LogP contribution in [0, 0.1) is 19.8 Å². The molecule has 0 aliphatic carbocycles. The molecule has 0 aliphatic heterocycles. The van der Waals surface area contributed by atoms with Crippen LogP contribution in [0.5, 0.6) is 0 Å². The van der Waals surface area contributed by atoms with Gasteiger partial charge >= 0.3 is 0 Å². The molecule has 0 spiro atoms. The molecule has 0 radical (unpaired) electrons. The van der Waals surface area contributed by atoms with Crippen LogP contribution in [-0.4, -0.2) is 9.97 Å². The molecule has 1 rings (SSSR count). The highest BCUT2D eigenvalue weighted by atomic mass is 16.1. The summed E-state index contributed by atoms with van der Waals surface area (Å²) in [5.41, 5.74) is 2.38. The predicted molar refractivity (Wildman–Crippen MR) is 52.9 cm³/mol. The second-order valence-electron chi connectivity index (χ2n) is 3.82. The first-order valence-electron chi connectivity index (χ1n) is 4.57. The predicted octanol–water partition coefficient (Wildman–Crippen LogP) is 1.59. The van der Waals surface area contributed by atoms with E-state index in [0.29, 0.717) is 11.6 Å². The highest BCUT2D eigenvalue weighted by molar-refractivity contribution is 5.11. The summed E-state index contributed by atoms with van der Waals surface area (Å²) in [5.74, 6) is 0.468. The van der Waals surface area contributed by atoms with Crippen LogP contribution in [-0.2, 0) is 6.42 Å². The summed E-state index contributed by atoms with van der Waals surface area (Å²) in [5, 5.41) is 0. The number of rotatable bonds is 2. The van der Waals surface area contributed by atoms with E-state index in [4.69, 9.17) is 0 Å². The van der Waals surface area contributed by atoms with Gasteiger partial charge in [0.1, 0.15) is 5.69 Å². The molecule has 0 bridgehead atoms. The lowest BCUT2D eigenvalue weighted by Crippen LogP contribution is -2.19. The van der Waals surface area contributed by atoms with E-state index in [1.807, 2.05) is 13.8 Å². The lowest BCUT2D eigenvalue weighted by Gasteiger charge is -2.05. The van der Waals surface area contributed by atoms with Crippen LogP contribution in [0.1, 0.15) is 30.9 Å². The Bertz CT molecular complexity index is 352. The summed E-state index contributed by atoms with van der Waals surface area (Å²) in [7, 11) is 0. The molecule has 0 fully saturated rings. The number of aromatic amines is 1. The third-order valence-corrected chi connectivity index (χ3v) is 2.01. The van der Waals surface area contributed by atoms with Crippen molar-refractivity contribution < 1.29 is 0 Å². The van der Waals surface area contributed by atoms with Gasteiger partial charge in [0.15, 0.2) is 0 Å². The molecule has 1 aromatic rings. The largest absolute Gasteiger partial charge is 0.323 e. The highest BCUT2D eigenvalue weighted by Crippen LogP contribution is 2.02. The van der Waals surface area contributed by atoms with E-state index in [1.54, 1.807) is 0 Å². The van der Waals surface area contributed by atoms with Gasteiger partial charge in [-0.25, -0.2) is 0 Å². The zero-order chi connectivity index (χ0) is 10.0. The van der Waals surface area contributed by atoms with Crippen molar-refractivity contribution in [3.8, 4) is 0 Å². The molecule has 1 heterocycles. The molecule has 13 heavy (non-hydrogen) atoms. The van der Waals surface area contributed by atoms with Gasteiger partial charge in [-0.2, -0.15) is 0 Å². The SMILES string of the molecule is Cc1nc(CC(C)C)c(=O)[nH]c1C. The van der Waals surface area contributed by atoms with Crippen LogP contribution in [0.15, 0.2) is 4.79 Å². The standard InChI is InChI=1S/C10H16N2O/c1-6(2)5-9-10(13)12-8(4)7(3)11-9/h6H,5H2,1-4H3,(H,12,13). The normalized spacial score (nSPS) is 10.8. The van der Waals surface area contributed by atoms with Crippen molar-refractivity contribution >= 4 is 0 Å². The minimum atomic E-state index is -0.0446. The molecule has 1 aromatic heterocycles. The van der Waals surface area contributed by atoms with Crippen molar-refractivity contribution in [2.45, 2.75) is 34.1 Å². The Morgan fingerprint density at radius 1 is 1.38 bits per heavy atom. The van der Waals surface area contributed by atoms with Gasteiger partial charge in [-0.3, -0.25) is 9.78 Å². The van der Waals surface area contributed by atoms with E-state index in [0.717, 1.165) is 17.8 Å². The maximum atomic E-state index is 11.4. The van der Waals surface area contributed by atoms with Crippen LogP contribution in [0.2, 0.25) is 0 Å². The van der Waals surface area contributed by atoms with E-state index >= 15 is 0 Å². The number of nitrogens with one attached hydrogen (secondary N) is 1. The molecule has 0 amide bonds. The zero-order valence-corrected chi connectivity index (χ0v) is 8.64. The first-order chi connectivity index (χ1) is 6.00. The van der Waals surface area contributed by atoms with Gasteiger partial charge in [0.25, 0.3) is 5.56 Å². The molecule has 0 aliphatic rings. The molecular formula is C10H16N2O. The lowest BCUT2D eigenvalue weighted by atomic mass is 10.1. The van der Waals surface area contributed by atoms with Crippen molar-refractivity contribution in [3.05, 3.63) is 27.4 Å². The third-order valence-electron chi connectivity index (χ3n) is 2.01. The molecular weight excluding hydrogens is 164 g/mol. The number of H-pyrrole nitrogens is 1. The number of aromatic nitrogens is 2. The molecule has 0 unspecified atom stereocenters. The smallest absolute Gasteiger partial charge is 0.269 e. The monoisotopic (exact) mass is 180 g/mol. The molecule has 1 N–H and O–H groups in total. The molecule has 0 aromatic carbocycles. The Balaban J connectivity index is 3.09. The van der Waals surface area contributed by atoms with Crippen LogP contribution in [0.4, 0.5) is 0 Å². The Hall–Kier alpha value is -1.12. The van der Waals surface area contributed by atoms with Gasteiger partial charge in [0.05, 0.1) is 5.69 Å². The first-order valence-corrected chi connectivity index (χ1v) is 4.57. The van der Waals surface area contributed by atoms with Crippen molar-refractivity contribution in [2.75, 3.05) is 0 Å². The molecule has 3 nitrogen and oxygen atoms in total. The fourth-order valence-electron chi connectivity index (χ4n) is 1.19. The molecule has 0 saturated heterocycles. The maximum Gasteiger partial charge on any atom is 0.269 e. The van der Waals surface area contributed by atoms with Crippen LogP contribution in [0.25, 0.3) is 0 Å². The van der Waals surface area contributed by atoms with Gasteiger partial charge in [0, 0.05) is 5.69 Å². The molecule has 3 heteroatoms. The third kappa shape index (κ3) is 2.41. The quantitative estimate of drug-likeness (QED) is 0.751. The van der Waals surface area contributed by atoms with Crippen molar-refractivity contribution in [2.24, 2.45) is 5.92 Å². The number of nitrogens with zero attached hydrogens (tertiary/aromatic N) is 1. The molecule has 72 valence electrons. The van der Waals surface area contributed by atoms with Gasteiger partial charge in [-0.15, -0.1) is 0 Å². The minimum absolute atomic E-state index is 0.0446. The minimum Gasteiger partial charge on any atom is -0.323 e. The number of aryl methyl sites for hydroxylation is 2. The van der Waals surface area contributed by atoms with E-state index in [1.165, 1.54) is 0 Å². The number of hydrogen-bond donors (Lipinski definition) is 1. The van der Waals surface area contributed by atoms with Gasteiger partial charge in [-0.05, 0) is 26.2 Å².